The highest BCUT2D eigenvalue weighted by Crippen LogP contribution is 2.32. The first-order chi connectivity index (χ1) is 15.5. The van der Waals surface area contributed by atoms with Crippen molar-refractivity contribution in [1.29, 1.82) is 0 Å². The number of nitrogens with one attached hydrogen (secondary N) is 2. The zero-order chi connectivity index (χ0) is 24.3. The van der Waals surface area contributed by atoms with E-state index in [0.717, 1.165) is 4.90 Å². The van der Waals surface area contributed by atoms with E-state index in [1.807, 2.05) is 0 Å². The number of imide groups is 1. The van der Waals surface area contributed by atoms with E-state index < -0.39 is 41.2 Å². The third kappa shape index (κ3) is 5.31. The van der Waals surface area contributed by atoms with E-state index in [-0.39, 0.29) is 18.9 Å². The number of rotatable bonds is 7. The Balaban J connectivity index is 1.85. The molecule has 0 aromatic heterocycles. The van der Waals surface area contributed by atoms with Gasteiger partial charge in [0, 0.05) is 0 Å². The van der Waals surface area contributed by atoms with Gasteiger partial charge in [0.15, 0.2) is 0 Å². The van der Waals surface area contributed by atoms with Gasteiger partial charge < -0.3 is 20.5 Å². The lowest BCUT2D eigenvalue weighted by Gasteiger charge is -2.34. The van der Waals surface area contributed by atoms with Gasteiger partial charge in [0.1, 0.15) is 30.3 Å². The molecule has 2 aromatic rings. The van der Waals surface area contributed by atoms with E-state index in [1.165, 1.54) is 12.1 Å². The molecule has 1 fully saturated rings. The van der Waals surface area contributed by atoms with Crippen molar-refractivity contribution in [3.8, 4) is 5.75 Å². The quantitative estimate of drug-likeness (QED) is 0.554. The van der Waals surface area contributed by atoms with Crippen LogP contribution in [0.15, 0.2) is 42.5 Å². The molecule has 1 aliphatic rings. The number of aliphatic hydroxyl groups excluding tert-OH is 1. The molecular weight excluding hydrogens is 429 g/mol. The highest BCUT2D eigenvalue weighted by molar-refractivity contribution is 6.09. The van der Waals surface area contributed by atoms with E-state index in [1.54, 1.807) is 58.0 Å². The number of ether oxygens (including phenoxy) is 1. The van der Waals surface area contributed by atoms with Crippen molar-refractivity contribution >= 4 is 23.5 Å². The Morgan fingerprint density at radius 2 is 1.88 bits per heavy atom. The van der Waals surface area contributed by atoms with Gasteiger partial charge in [-0.3, -0.25) is 9.59 Å². The zero-order valence-corrected chi connectivity index (χ0v) is 19.0. The SMILES string of the molecule is Cc1ccc(NC(=O)C(N2C(=O)N[C@H](c3ccc(OCCO)cc3)C2=O)C(C)(C)C)c(F)c1. The first-order valence-electron chi connectivity index (χ1n) is 10.6. The van der Waals surface area contributed by atoms with E-state index >= 15 is 0 Å². The van der Waals surface area contributed by atoms with Crippen molar-refractivity contribution < 1.29 is 28.6 Å². The minimum Gasteiger partial charge on any atom is -0.491 e. The number of benzene rings is 2. The molecular formula is C24H28FN3O5. The molecule has 9 heteroatoms. The van der Waals surface area contributed by atoms with E-state index in [9.17, 15) is 18.8 Å². The summed E-state index contributed by atoms with van der Waals surface area (Å²) in [6, 6.07) is 8.05. The van der Waals surface area contributed by atoms with Crippen molar-refractivity contribution in [2.24, 2.45) is 5.41 Å². The Bertz CT molecular complexity index is 1050. The molecule has 33 heavy (non-hydrogen) atoms. The Labute approximate surface area is 191 Å². The third-order valence-corrected chi connectivity index (χ3v) is 5.25. The summed E-state index contributed by atoms with van der Waals surface area (Å²) in [5, 5.41) is 14.0. The second kappa shape index (κ2) is 9.58. The summed E-state index contributed by atoms with van der Waals surface area (Å²) in [5.74, 6) is -1.34. The predicted octanol–water partition coefficient (Wildman–Crippen LogP) is 3.15. The molecule has 0 aliphatic carbocycles. The van der Waals surface area contributed by atoms with Crippen LogP contribution in [0.25, 0.3) is 0 Å². The number of aryl methyl sites for hydroxylation is 1. The molecule has 2 aromatic carbocycles. The molecule has 0 radical (unpaired) electrons. The van der Waals surface area contributed by atoms with E-state index in [4.69, 9.17) is 9.84 Å². The lowest BCUT2D eigenvalue weighted by Crippen LogP contribution is -2.54. The summed E-state index contributed by atoms with van der Waals surface area (Å²) in [7, 11) is 0. The number of anilines is 1. The van der Waals surface area contributed by atoms with Crippen LogP contribution in [0.1, 0.15) is 37.9 Å². The van der Waals surface area contributed by atoms with Gasteiger partial charge in [0.25, 0.3) is 5.91 Å². The van der Waals surface area contributed by atoms with Crippen LogP contribution in [0.3, 0.4) is 0 Å². The molecule has 1 saturated heterocycles. The van der Waals surface area contributed by atoms with Gasteiger partial charge in [0.05, 0.1) is 12.3 Å². The molecule has 4 amide bonds. The Kier molecular flexibility index (Phi) is 7.02. The lowest BCUT2D eigenvalue weighted by molar-refractivity contribution is -0.137. The number of hydrogen-bond acceptors (Lipinski definition) is 5. The van der Waals surface area contributed by atoms with Crippen molar-refractivity contribution in [1.82, 2.24) is 10.2 Å². The molecule has 3 rings (SSSR count). The van der Waals surface area contributed by atoms with Crippen LogP contribution in [-0.4, -0.2) is 47.1 Å². The van der Waals surface area contributed by atoms with Gasteiger partial charge in [-0.1, -0.05) is 39.0 Å². The first-order valence-corrected chi connectivity index (χ1v) is 10.6. The standard InChI is InChI=1S/C24H28FN3O5/c1-14-5-10-18(17(25)13-14)26-21(30)20(24(2,3)4)28-22(31)19(27-23(28)32)15-6-8-16(9-7-15)33-12-11-29/h5-10,13,19-20,29H,11-12H2,1-4H3,(H,26,30)(H,27,32)/t19-,20?/m1/s1. The normalized spacial score (nSPS) is 17.0. The fourth-order valence-corrected chi connectivity index (χ4v) is 3.70. The largest absolute Gasteiger partial charge is 0.491 e. The number of aliphatic hydroxyl groups is 1. The van der Waals surface area contributed by atoms with Gasteiger partial charge in [-0.15, -0.1) is 0 Å². The first kappa shape index (κ1) is 24.2. The molecule has 1 heterocycles. The van der Waals surface area contributed by atoms with Crippen molar-refractivity contribution in [3.63, 3.8) is 0 Å². The average molecular weight is 458 g/mol. The van der Waals surface area contributed by atoms with Gasteiger partial charge in [-0.25, -0.2) is 14.1 Å². The number of carbonyl (C=O) groups excluding carboxylic acids is 3. The number of urea groups is 1. The monoisotopic (exact) mass is 457 g/mol. The maximum Gasteiger partial charge on any atom is 0.325 e. The minimum atomic E-state index is -1.18. The summed E-state index contributed by atoms with van der Waals surface area (Å²) >= 11 is 0. The molecule has 0 bridgehead atoms. The number of amides is 4. The van der Waals surface area contributed by atoms with Crippen LogP contribution in [0.5, 0.6) is 5.75 Å². The van der Waals surface area contributed by atoms with Crippen LogP contribution in [0.2, 0.25) is 0 Å². The number of hydrogen-bond donors (Lipinski definition) is 3. The van der Waals surface area contributed by atoms with E-state index in [2.05, 4.69) is 10.6 Å². The molecule has 0 spiro atoms. The van der Waals surface area contributed by atoms with Crippen molar-refractivity contribution in [3.05, 3.63) is 59.4 Å². The maximum absolute atomic E-state index is 14.3. The fraction of sp³-hybridized carbons (Fsp3) is 0.375. The summed E-state index contributed by atoms with van der Waals surface area (Å²) in [6.45, 7) is 6.91. The van der Waals surface area contributed by atoms with Crippen LogP contribution >= 0.6 is 0 Å². The summed E-state index contributed by atoms with van der Waals surface area (Å²) in [5.41, 5.74) is 0.365. The summed E-state index contributed by atoms with van der Waals surface area (Å²) in [4.78, 5) is 40.2. The predicted molar refractivity (Wildman–Crippen MR) is 120 cm³/mol. The molecule has 1 unspecified atom stereocenters. The van der Waals surface area contributed by atoms with Crippen LogP contribution in [-0.2, 0) is 9.59 Å². The molecule has 3 N–H and O–H groups in total. The van der Waals surface area contributed by atoms with Crippen LogP contribution in [0, 0.1) is 18.2 Å². The van der Waals surface area contributed by atoms with Crippen LogP contribution in [0.4, 0.5) is 14.9 Å². The molecule has 8 nitrogen and oxygen atoms in total. The molecule has 176 valence electrons. The number of nitrogens with zero attached hydrogens (tertiary/aromatic N) is 1. The second-order valence-electron chi connectivity index (χ2n) is 8.97. The molecule has 0 saturated carbocycles. The van der Waals surface area contributed by atoms with Gasteiger partial charge in [-0.05, 0) is 47.7 Å². The summed E-state index contributed by atoms with van der Waals surface area (Å²) < 4.78 is 19.6. The minimum absolute atomic E-state index is 0.0260. The summed E-state index contributed by atoms with van der Waals surface area (Å²) in [6.07, 6.45) is 0. The Hall–Kier alpha value is -3.46. The third-order valence-electron chi connectivity index (χ3n) is 5.25. The van der Waals surface area contributed by atoms with Gasteiger partial charge in [0.2, 0.25) is 5.91 Å². The van der Waals surface area contributed by atoms with Crippen molar-refractivity contribution in [2.45, 2.75) is 39.8 Å². The second-order valence-corrected chi connectivity index (χ2v) is 8.97. The Morgan fingerprint density at radius 3 is 2.45 bits per heavy atom. The smallest absolute Gasteiger partial charge is 0.325 e. The van der Waals surface area contributed by atoms with Gasteiger partial charge >= 0.3 is 6.03 Å². The fourth-order valence-electron chi connectivity index (χ4n) is 3.70. The number of halogens is 1. The van der Waals surface area contributed by atoms with E-state index in [0.29, 0.717) is 16.9 Å². The Morgan fingerprint density at radius 1 is 1.21 bits per heavy atom. The topological polar surface area (TPSA) is 108 Å². The molecule has 1 aliphatic heterocycles. The van der Waals surface area contributed by atoms with Gasteiger partial charge in [-0.2, -0.15) is 0 Å². The number of carbonyl (C=O) groups is 3. The van der Waals surface area contributed by atoms with Crippen LogP contribution < -0.4 is 15.4 Å². The molecule has 2 atom stereocenters. The maximum atomic E-state index is 14.3. The lowest BCUT2D eigenvalue weighted by atomic mass is 9.84. The average Bonchev–Trinajstić information content (AvgIpc) is 3.02. The highest BCUT2D eigenvalue weighted by atomic mass is 19.1. The zero-order valence-electron chi connectivity index (χ0n) is 19.0. The highest BCUT2D eigenvalue weighted by Gasteiger charge is 2.49. The van der Waals surface area contributed by atoms with Crippen molar-refractivity contribution in [2.75, 3.05) is 18.5 Å².